The van der Waals surface area contributed by atoms with Gasteiger partial charge in [0, 0.05) is 0 Å². The van der Waals surface area contributed by atoms with E-state index in [2.05, 4.69) is 4.74 Å². The van der Waals surface area contributed by atoms with Crippen molar-refractivity contribution in [2.24, 2.45) is 0 Å². The molecule has 0 fully saturated rings. The largest absolute Gasteiger partial charge is 0.548 e. The van der Waals surface area contributed by atoms with Crippen LogP contribution in [-0.2, 0) is 25.7 Å². The molecular formula is C13H14NO6-. The Hall–Kier alpha value is -2.57. The lowest BCUT2D eigenvalue weighted by molar-refractivity contribution is -0.308. The number of hydrogen-bond donors (Lipinski definition) is 1. The van der Waals surface area contributed by atoms with Gasteiger partial charge in [-0.1, -0.05) is 30.3 Å². The molecule has 1 amide bonds. The molecule has 1 rings (SSSR count). The first kappa shape index (κ1) is 15.5. The second-order valence-electron chi connectivity index (χ2n) is 3.86. The lowest BCUT2D eigenvalue weighted by Gasteiger charge is -2.18. The zero-order valence-corrected chi connectivity index (χ0v) is 10.8. The van der Waals surface area contributed by atoms with Crippen LogP contribution >= 0.6 is 0 Å². The van der Waals surface area contributed by atoms with E-state index in [9.17, 15) is 19.5 Å². The van der Waals surface area contributed by atoms with Gasteiger partial charge in [0.1, 0.15) is 6.61 Å². The molecule has 0 heterocycles. The molecule has 0 bridgehead atoms. The molecule has 0 aromatic heterocycles. The molecule has 0 unspecified atom stereocenters. The van der Waals surface area contributed by atoms with Gasteiger partial charge < -0.3 is 24.7 Å². The second kappa shape index (κ2) is 7.78. The van der Waals surface area contributed by atoms with Crippen LogP contribution in [0.1, 0.15) is 12.0 Å². The number of hydrogen-bond acceptors (Lipinski definition) is 6. The first-order chi connectivity index (χ1) is 9.52. The molecule has 1 N–H and O–H groups in total. The van der Waals surface area contributed by atoms with Crippen molar-refractivity contribution in [1.29, 1.82) is 0 Å². The smallest absolute Gasteiger partial charge is 0.408 e. The van der Waals surface area contributed by atoms with E-state index in [0.29, 0.717) is 0 Å². The molecule has 108 valence electrons. The number of carbonyl (C=O) groups excluding carboxylic acids is 3. The minimum absolute atomic E-state index is 0.00926. The molecule has 0 saturated carbocycles. The maximum atomic E-state index is 11.4. The van der Waals surface area contributed by atoms with Gasteiger partial charge in [-0.15, -0.1) is 0 Å². The number of carboxylic acids is 1. The third-order valence-electron chi connectivity index (χ3n) is 2.39. The van der Waals surface area contributed by atoms with Crippen molar-refractivity contribution in [2.45, 2.75) is 19.1 Å². The van der Waals surface area contributed by atoms with Crippen LogP contribution in [0.5, 0.6) is 0 Å². The highest BCUT2D eigenvalue weighted by Crippen LogP contribution is 2.01. The van der Waals surface area contributed by atoms with Crippen molar-refractivity contribution < 1.29 is 29.0 Å². The molecule has 0 aliphatic carbocycles. The molecule has 7 nitrogen and oxygen atoms in total. The van der Waals surface area contributed by atoms with Gasteiger partial charge in [0.25, 0.3) is 0 Å². The minimum atomic E-state index is -1.59. The van der Waals surface area contributed by atoms with Gasteiger partial charge in [0.15, 0.2) is 0 Å². The van der Waals surface area contributed by atoms with Gasteiger partial charge in [-0.25, -0.2) is 4.79 Å². The number of carbonyl (C=O) groups is 3. The first-order valence-corrected chi connectivity index (χ1v) is 5.78. The SMILES string of the molecule is COC(=O)C[C@H](NC(=O)OCc1ccccc1)C(=O)[O-]. The van der Waals surface area contributed by atoms with Crippen LogP contribution in [0.15, 0.2) is 30.3 Å². The van der Waals surface area contributed by atoms with Crippen molar-refractivity contribution in [3.8, 4) is 0 Å². The van der Waals surface area contributed by atoms with Gasteiger partial charge in [0.05, 0.1) is 25.5 Å². The monoisotopic (exact) mass is 280 g/mol. The van der Waals surface area contributed by atoms with E-state index in [4.69, 9.17) is 4.74 Å². The Morgan fingerprint density at radius 1 is 1.25 bits per heavy atom. The molecule has 0 saturated heterocycles. The van der Waals surface area contributed by atoms with Crippen LogP contribution in [0.4, 0.5) is 4.79 Å². The summed E-state index contributed by atoms with van der Waals surface area (Å²) in [5.74, 6) is -2.37. The minimum Gasteiger partial charge on any atom is -0.548 e. The number of carboxylic acid groups (broad SMARTS) is 1. The Labute approximate surface area is 115 Å². The van der Waals surface area contributed by atoms with Crippen LogP contribution in [0, 0.1) is 0 Å². The third kappa shape index (κ3) is 5.38. The van der Waals surface area contributed by atoms with Crippen molar-refractivity contribution in [1.82, 2.24) is 5.32 Å². The molecule has 1 aromatic rings. The molecule has 20 heavy (non-hydrogen) atoms. The summed E-state index contributed by atoms with van der Waals surface area (Å²) in [5.41, 5.74) is 0.751. The van der Waals surface area contributed by atoms with Crippen LogP contribution in [0.3, 0.4) is 0 Å². The van der Waals surface area contributed by atoms with E-state index in [1.165, 1.54) is 0 Å². The van der Waals surface area contributed by atoms with Gasteiger partial charge >= 0.3 is 12.1 Å². The van der Waals surface area contributed by atoms with Gasteiger partial charge in [-0.3, -0.25) is 4.79 Å². The predicted octanol–water partition coefficient (Wildman–Crippen LogP) is -0.406. The van der Waals surface area contributed by atoms with E-state index < -0.39 is 30.5 Å². The van der Waals surface area contributed by atoms with E-state index in [0.717, 1.165) is 12.7 Å². The van der Waals surface area contributed by atoms with E-state index >= 15 is 0 Å². The third-order valence-corrected chi connectivity index (χ3v) is 2.39. The molecule has 0 radical (unpaired) electrons. The number of nitrogens with one attached hydrogen (secondary N) is 1. The summed E-state index contributed by atoms with van der Waals surface area (Å²) < 4.78 is 9.15. The maximum Gasteiger partial charge on any atom is 0.408 e. The quantitative estimate of drug-likeness (QED) is 0.710. The Bertz CT molecular complexity index is 473. The highest BCUT2D eigenvalue weighted by Gasteiger charge is 2.18. The molecule has 1 aromatic carbocycles. The van der Waals surface area contributed by atoms with Crippen molar-refractivity contribution in [2.75, 3.05) is 7.11 Å². The van der Waals surface area contributed by atoms with E-state index in [1.807, 2.05) is 11.4 Å². The molecule has 0 aliphatic heterocycles. The van der Waals surface area contributed by atoms with Gasteiger partial charge in [-0.2, -0.15) is 0 Å². The predicted molar refractivity (Wildman–Crippen MR) is 65.2 cm³/mol. The number of aliphatic carboxylic acids is 1. The van der Waals surface area contributed by atoms with Crippen LogP contribution in [0.25, 0.3) is 0 Å². The van der Waals surface area contributed by atoms with Gasteiger partial charge in [0.2, 0.25) is 0 Å². The summed E-state index contributed by atoms with van der Waals surface area (Å²) in [6.45, 7) is -0.00926. The Kier molecular flexibility index (Phi) is 6.02. The number of alkyl carbamates (subject to hydrolysis) is 1. The summed E-state index contributed by atoms with van der Waals surface area (Å²) in [7, 11) is 1.11. The number of rotatable bonds is 6. The molecule has 0 aliphatic rings. The van der Waals surface area contributed by atoms with Crippen LogP contribution in [-0.4, -0.2) is 31.2 Å². The molecule has 1 atom stereocenters. The van der Waals surface area contributed by atoms with E-state index in [-0.39, 0.29) is 6.61 Å². The fourth-order valence-electron chi connectivity index (χ4n) is 1.35. The summed E-state index contributed by atoms with van der Waals surface area (Å²) in [4.78, 5) is 33.2. The zero-order valence-electron chi connectivity index (χ0n) is 10.8. The lowest BCUT2D eigenvalue weighted by atomic mass is 10.2. The number of amides is 1. The first-order valence-electron chi connectivity index (χ1n) is 5.78. The van der Waals surface area contributed by atoms with Crippen molar-refractivity contribution >= 4 is 18.0 Å². The highest BCUT2D eigenvalue weighted by molar-refractivity contribution is 5.84. The van der Waals surface area contributed by atoms with Crippen LogP contribution < -0.4 is 10.4 Å². The fourth-order valence-corrected chi connectivity index (χ4v) is 1.35. The Balaban J connectivity index is 2.46. The zero-order chi connectivity index (χ0) is 15.0. The Morgan fingerprint density at radius 2 is 1.90 bits per heavy atom. The Morgan fingerprint density at radius 3 is 2.45 bits per heavy atom. The maximum absolute atomic E-state index is 11.4. The number of esters is 1. The number of benzene rings is 1. The summed E-state index contributed by atoms with van der Waals surface area (Å²) in [5, 5.41) is 12.8. The average Bonchev–Trinajstić information content (AvgIpc) is 2.45. The molecular weight excluding hydrogens is 266 g/mol. The molecule has 7 heteroatoms. The van der Waals surface area contributed by atoms with Crippen molar-refractivity contribution in [3.63, 3.8) is 0 Å². The number of methoxy groups -OCH3 is 1. The summed E-state index contributed by atoms with van der Waals surface area (Å²) >= 11 is 0. The van der Waals surface area contributed by atoms with Crippen LogP contribution in [0.2, 0.25) is 0 Å². The van der Waals surface area contributed by atoms with E-state index in [1.54, 1.807) is 24.3 Å². The lowest BCUT2D eigenvalue weighted by Crippen LogP contribution is -2.49. The number of ether oxygens (including phenoxy) is 2. The van der Waals surface area contributed by atoms with Crippen molar-refractivity contribution in [3.05, 3.63) is 35.9 Å². The standard InChI is InChI=1S/C13H15NO6/c1-19-11(15)7-10(12(16)17)14-13(18)20-8-9-5-3-2-4-6-9/h2-6,10H,7-8H2,1H3,(H,14,18)(H,16,17)/p-1/t10-/m0/s1. The fraction of sp³-hybridized carbons (Fsp3) is 0.308. The average molecular weight is 280 g/mol. The topological polar surface area (TPSA) is 105 Å². The second-order valence-corrected chi connectivity index (χ2v) is 3.86. The highest BCUT2D eigenvalue weighted by atomic mass is 16.5. The normalized spacial score (nSPS) is 11.2. The summed E-state index contributed by atoms with van der Waals surface area (Å²) in [6.07, 6.45) is -1.48. The molecule has 0 spiro atoms. The van der Waals surface area contributed by atoms with Gasteiger partial charge in [-0.05, 0) is 5.56 Å². The summed E-state index contributed by atoms with van der Waals surface area (Å²) in [6, 6.07) is 7.36.